The van der Waals surface area contributed by atoms with Crippen LogP contribution in [0.2, 0.25) is 0 Å². The molecule has 128 valence electrons. The first-order chi connectivity index (χ1) is 13.4. The summed E-state index contributed by atoms with van der Waals surface area (Å²) in [5.74, 6) is 0. The SMILES string of the molecule is C1=CCC2=c3ccccc3=[SiH]C2=C1.c1ccc2cc3ccccc3cc2c1. The lowest BCUT2D eigenvalue weighted by Crippen LogP contribution is -2.03. The van der Waals surface area contributed by atoms with Crippen molar-refractivity contribution in [3.05, 3.63) is 118 Å². The predicted molar refractivity (Wildman–Crippen MR) is 119 cm³/mol. The summed E-state index contributed by atoms with van der Waals surface area (Å²) >= 11 is 0. The van der Waals surface area contributed by atoms with Gasteiger partial charge in [0.2, 0.25) is 0 Å². The Kier molecular flexibility index (Phi) is 4.15. The van der Waals surface area contributed by atoms with E-state index in [9.17, 15) is 0 Å². The molecule has 4 aromatic carbocycles. The van der Waals surface area contributed by atoms with Crippen LogP contribution in [0.3, 0.4) is 0 Å². The van der Waals surface area contributed by atoms with Gasteiger partial charge in [-0.05, 0) is 60.9 Å². The molecule has 0 atom stereocenters. The zero-order valence-corrected chi connectivity index (χ0v) is 16.3. The lowest BCUT2D eigenvalue weighted by Gasteiger charge is -2.04. The number of rotatable bonds is 0. The minimum atomic E-state index is 0.377. The summed E-state index contributed by atoms with van der Waals surface area (Å²) in [6, 6.07) is 30.3. The van der Waals surface area contributed by atoms with Crippen LogP contribution in [0.4, 0.5) is 0 Å². The van der Waals surface area contributed by atoms with Crippen LogP contribution >= 0.6 is 0 Å². The third kappa shape index (κ3) is 3.11. The van der Waals surface area contributed by atoms with Crippen molar-refractivity contribution >= 4 is 36.2 Å². The summed E-state index contributed by atoms with van der Waals surface area (Å²) in [6.45, 7) is 0. The van der Waals surface area contributed by atoms with E-state index in [1.807, 2.05) is 0 Å². The maximum absolute atomic E-state index is 2.29. The highest BCUT2D eigenvalue weighted by Gasteiger charge is 2.10. The molecule has 0 fully saturated rings. The molecule has 1 heterocycles. The molecule has 6 rings (SSSR count). The smallest absolute Gasteiger partial charge is 0.0397 e. The molecule has 0 bridgehead atoms. The first kappa shape index (κ1) is 16.2. The summed E-state index contributed by atoms with van der Waals surface area (Å²) in [6.07, 6.45) is 7.86. The van der Waals surface area contributed by atoms with Gasteiger partial charge in [0.25, 0.3) is 0 Å². The van der Waals surface area contributed by atoms with Crippen LogP contribution < -0.4 is 5.22 Å². The largest absolute Gasteiger partial charge is 0.0801 e. The summed E-state index contributed by atoms with van der Waals surface area (Å²) in [4.78, 5) is 1.58. The molecule has 0 aromatic heterocycles. The van der Waals surface area contributed by atoms with Crippen molar-refractivity contribution in [2.75, 3.05) is 0 Å². The minimum Gasteiger partial charge on any atom is -0.0801 e. The maximum atomic E-state index is 2.29. The highest BCUT2D eigenvalue weighted by Crippen LogP contribution is 2.22. The monoisotopic (exact) mass is 360 g/mol. The number of hydrogen-bond acceptors (Lipinski definition) is 0. The van der Waals surface area contributed by atoms with Gasteiger partial charge in [0.1, 0.15) is 0 Å². The Balaban J connectivity index is 0.000000119. The summed E-state index contributed by atoms with van der Waals surface area (Å²) in [7, 11) is 0.377. The van der Waals surface area contributed by atoms with E-state index in [0.717, 1.165) is 6.42 Å². The van der Waals surface area contributed by atoms with E-state index >= 15 is 0 Å². The minimum absolute atomic E-state index is 0.377. The van der Waals surface area contributed by atoms with Crippen molar-refractivity contribution in [3.8, 4) is 0 Å². The van der Waals surface area contributed by atoms with Crippen LogP contribution in [0.1, 0.15) is 6.42 Å². The van der Waals surface area contributed by atoms with Crippen LogP contribution in [-0.4, -0.2) is 9.13 Å². The van der Waals surface area contributed by atoms with Gasteiger partial charge in [-0.25, -0.2) is 0 Å². The fourth-order valence-electron chi connectivity index (χ4n) is 3.92. The first-order valence-electron chi connectivity index (χ1n) is 9.43. The van der Waals surface area contributed by atoms with Crippen molar-refractivity contribution in [2.45, 2.75) is 6.42 Å². The number of fused-ring (bicyclic) bond motifs is 4. The van der Waals surface area contributed by atoms with E-state index in [2.05, 4.69) is 103 Å². The molecule has 0 radical (unpaired) electrons. The maximum Gasteiger partial charge on any atom is 0.0397 e. The van der Waals surface area contributed by atoms with Gasteiger partial charge in [-0.15, -0.1) is 0 Å². The molecule has 4 aromatic rings. The highest BCUT2D eigenvalue weighted by molar-refractivity contribution is 6.44. The van der Waals surface area contributed by atoms with Crippen molar-refractivity contribution in [1.29, 1.82) is 0 Å². The summed E-state index contributed by atoms with van der Waals surface area (Å²) in [5.41, 5.74) is 1.58. The van der Waals surface area contributed by atoms with Gasteiger partial charge < -0.3 is 0 Å². The molecule has 0 nitrogen and oxygen atoms in total. The van der Waals surface area contributed by atoms with E-state index in [4.69, 9.17) is 0 Å². The molecule has 2 aliphatic rings. The quantitative estimate of drug-likeness (QED) is 0.292. The molecule has 0 saturated carbocycles. The standard InChI is InChI=1S/C14H10.C12H10Si/c1-2-6-12-10-14-8-4-3-7-13(14)9-11(12)5-1;1-3-7-11-9(5-1)10-6-2-4-8-12(10)13-11/h1-10H;1-5,7-8,13H,6H2. The Bertz CT molecular complexity index is 1230. The predicted octanol–water partition coefficient (Wildman–Crippen LogP) is 5.38. The van der Waals surface area contributed by atoms with Crippen LogP contribution in [0.15, 0.2) is 108 Å². The zero-order chi connectivity index (χ0) is 18.1. The highest BCUT2D eigenvalue weighted by atomic mass is 28.2. The Morgan fingerprint density at radius 1 is 0.630 bits per heavy atom. The van der Waals surface area contributed by atoms with Crippen LogP contribution in [0.5, 0.6) is 0 Å². The zero-order valence-electron chi connectivity index (χ0n) is 15.1. The molecule has 0 saturated heterocycles. The van der Waals surface area contributed by atoms with Crippen molar-refractivity contribution < 1.29 is 0 Å². The molecule has 1 heteroatoms. The van der Waals surface area contributed by atoms with Gasteiger partial charge in [-0.2, -0.15) is 0 Å². The molecule has 27 heavy (non-hydrogen) atoms. The van der Waals surface area contributed by atoms with E-state index in [1.165, 1.54) is 26.8 Å². The van der Waals surface area contributed by atoms with Gasteiger partial charge in [0.15, 0.2) is 0 Å². The van der Waals surface area contributed by atoms with E-state index in [-0.39, 0.29) is 0 Å². The first-order valence-corrected chi connectivity index (χ1v) is 10.6. The lowest BCUT2D eigenvalue weighted by atomic mass is 10.0. The van der Waals surface area contributed by atoms with Crippen LogP contribution in [-0.2, 0) is 0 Å². The average Bonchev–Trinajstić information content (AvgIpc) is 3.11. The normalized spacial score (nSPS) is 14.1. The van der Waals surface area contributed by atoms with E-state index < -0.39 is 0 Å². The Morgan fingerprint density at radius 2 is 1.19 bits per heavy atom. The van der Waals surface area contributed by atoms with Gasteiger partial charge in [0, 0.05) is 9.13 Å². The molecule has 0 unspecified atom stereocenters. The van der Waals surface area contributed by atoms with E-state index in [1.54, 1.807) is 15.6 Å². The molecule has 1 aliphatic heterocycles. The second kappa shape index (κ2) is 6.94. The fourth-order valence-corrected chi connectivity index (χ4v) is 5.55. The molecule has 0 spiro atoms. The molecule has 1 aliphatic carbocycles. The third-order valence-corrected chi connectivity index (χ3v) is 6.96. The van der Waals surface area contributed by atoms with Gasteiger partial charge >= 0.3 is 0 Å². The fraction of sp³-hybridized carbons (Fsp3) is 0.0385. The molecule has 0 amide bonds. The van der Waals surface area contributed by atoms with Gasteiger partial charge in [-0.3, -0.25) is 0 Å². The lowest BCUT2D eigenvalue weighted by molar-refractivity contribution is 1.36. The van der Waals surface area contributed by atoms with Gasteiger partial charge in [0.05, 0.1) is 0 Å². The third-order valence-electron chi connectivity index (χ3n) is 5.29. The van der Waals surface area contributed by atoms with Crippen molar-refractivity contribution in [1.82, 2.24) is 0 Å². The second-order valence-corrected chi connectivity index (χ2v) is 8.54. The van der Waals surface area contributed by atoms with Crippen molar-refractivity contribution in [3.63, 3.8) is 0 Å². The molecular weight excluding hydrogens is 340 g/mol. The molecule has 0 N–H and O–H groups in total. The van der Waals surface area contributed by atoms with Crippen LogP contribution in [0.25, 0.3) is 27.1 Å². The number of allylic oxidation sites excluding steroid dienone is 4. The summed E-state index contributed by atoms with van der Waals surface area (Å²) < 4.78 is 0. The van der Waals surface area contributed by atoms with E-state index in [0.29, 0.717) is 9.13 Å². The Labute approximate surface area is 161 Å². The van der Waals surface area contributed by atoms with Crippen LogP contribution in [0, 0.1) is 4.81 Å². The second-order valence-electron chi connectivity index (χ2n) is 7.01. The Hall–Kier alpha value is -3.03. The van der Waals surface area contributed by atoms with Crippen molar-refractivity contribution in [2.24, 2.45) is 0 Å². The Morgan fingerprint density at radius 3 is 1.81 bits per heavy atom. The topological polar surface area (TPSA) is 0 Å². The number of hydrogen-bond donors (Lipinski definition) is 0. The molecular formula is C26H20Si. The van der Waals surface area contributed by atoms with Gasteiger partial charge in [-0.1, -0.05) is 91.0 Å². The average molecular weight is 361 g/mol. The summed E-state index contributed by atoms with van der Waals surface area (Å²) in [5, 5.41) is 8.35. The number of benzene rings is 4.